The predicted molar refractivity (Wildman–Crippen MR) is 177 cm³/mol. The molecule has 46 heavy (non-hydrogen) atoms. The van der Waals surface area contributed by atoms with E-state index in [0.29, 0.717) is 18.3 Å². The topological polar surface area (TPSA) is 187 Å². The molecule has 5 N–H and O–H groups in total. The van der Waals surface area contributed by atoms with Crippen molar-refractivity contribution in [3.8, 4) is 0 Å². The smallest absolute Gasteiger partial charge is 0.404 e. The molecular formula is C31H51BN6O7S. The number of unbranched alkanes of at least 4 members (excludes halogenated alkanes) is 1. The molecule has 0 radical (unpaired) electrons. The molecule has 13 nitrogen and oxygen atoms in total. The Morgan fingerprint density at radius 2 is 1.89 bits per heavy atom. The summed E-state index contributed by atoms with van der Waals surface area (Å²) in [5.74, 6) is -0.254. The van der Waals surface area contributed by atoms with Gasteiger partial charge in [-0.05, 0) is 92.7 Å². The number of nitro groups is 1. The number of nitrogens with one attached hydrogen (secondary N) is 3. The van der Waals surface area contributed by atoms with Crippen LogP contribution in [0.4, 0.5) is 0 Å². The number of carbonyl (C=O) groups is 1. The molecule has 1 heterocycles. The Morgan fingerprint density at radius 3 is 2.50 bits per heavy atom. The van der Waals surface area contributed by atoms with Gasteiger partial charge in [0, 0.05) is 6.54 Å². The molecule has 1 aromatic rings. The first-order chi connectivity index (χ1) is 21.6. The van der Waals surface area contributed by atoms with Gasteiger partial charge < -0.3 is 20.4 Å². The summed E-state index contributed by atoms with van der Waals surface area (Å²) in [4.78, 5) is 28.5. The third-order valence-electron chi connectivity index (χ3n) is 10.2. The molecule has 1 amide bonds. The Hall–Kier alpha value is -2.75. The number of aryl methyl sites for hydroxylation is 1. The number of hydrogen-bond acceptors (Lipinski definition) is 8. The van der Waals surface area contributed by atoms with Crippen LogP contribution in [0.15, 0.2) is 34.2 Å². The van der Waals surface area contributed by atoms with E-state index in [1.54, 1.807) is 29.7 Å². The number of hydrazine groups is 1. The highest BCUT2D eigenvalue weighted by molar-refractivity contribution is 7.89. The zero-order valence-electron chi connectivity index (χ0n) is 28.0. The van der Waals surface area contributed by atoms with Gasteiger partial charge in [0.25, 0.3) is 5.96 Å². The zero-order valence-corrected chi connectivity index (χ0v) is 28.8. The van der Waals surface area contributed by atoms with Crippen molar-refractivity contribution in [2.24, 2.45) is 33.9 Å². The predicted octanol–water partition coefficient (Wildman–Crippen LogP) is 3.35. The van der Waals surface area contributed by atoms with Gasteiger partial charge in [-0.15, -0.1) is 0 Å². The van der Waals surface area contributed by atoms with E-state index in [4.69, 9.17) is 15.0 Å². The maximum atomic E-state index is 13.9. The van der Waals surface area contributed by atoms with Crippen LogP contribution < -0.4 is 21.2 Å². The Kier molecular flexibility index (Phi) is 11.4. The lowest BCUT2D eigenvalue weighted by Gasteiger charge is -2.64. The van der Waals surface area contributed by atoms with Crippen LogP contribution >= 0.6 is 0 Å². The number of hydrogen-bond donors (Lipinski definition) is 4. The van der Waals surface area contributed by atoms with Gasteiger partial charge in [0.1, 0.15) is 6.04 Å². The molecule has 256 valence electrons. The number of amides is 1. The SMILES string of the molecule is CCCCc1ccc(S(=O)(=O)N[C@@H](CCCN=C(N)N[N+](=O)[O-])C(=O)N[C@@H](CC(C)C)B2O[C@@H]3C[C@@H]4C[C@@H](C4(C)C)[C@]3(C)O2)cc1. The molecule has 1 aromatic carbocycles. The van der Waals surface area contributed by atoms with Crippen LogP contribution in [0.5, 0.6) is 0 Å². The Bertz CT molecular complexity index is 1380. The summed E-state index contributed by atoms with van der Waals surface area (Å²) in [5.41, 5.74) is 8.04. The van der Waals surface area contributed by atoms with Crippen LogP contribution in [-0.2, 0) is 30.5 Å². The molecule has 6 atom stereocenters. The van der Waals surface area contributed by atoms with Gasteiger partial charge in [0.2, 0.25) is 15.9 Å². The van der Waals surface area contributed by atoms with Gasteiger partial charge in [0.05, 0.1) is 22.5 Å². The fraction of sp³-hybridized carbons (Fsp3) is 0.742. The van der Waals surface area contributed by atoms with Crippen molar-refractivity contribution in [3.63, 3.8) is 0 Å². The van der Waals surface area contributed by atoms with Crippen LogP contribution in [0.2, 0.25) is 0 Å². The minimum Gasteiger partial charge on any atom is -0.404 e. The number of nitrogens with two attached hydrogens (primary N) is 1. The van der Waals surface area contributed by atoms with Crippen molar-refractivity contribution in [2.75, 3.05) is 6.54 Å². The zero-order chi connectivity index (χ0) is 33.9. The van der Waals surface area contributed by atoms with E-state index in [-0.39, 0.29) is 47.7 Å². The van der Waals surface area contributed by atoms with Crippen molar-refractivity contribution in [1.29, 1.82) is 0 Å². The molecule has 1 aliphatic heterocycles. The van der Waals surface area contributed by atoms with E-state index in [0.717, 1.165) is 37.7 Å². The molecule has 0 spiro atoms. The van der Waals surface area contributed by atoms with Crippen LogP contribution in [0.3, 0.4) is 0 Å². The van der Waals surface area contributed by atoms with Crippen molar-refractivity contribution in [2.45, 2.75) is 121 Å². The second kappa shape index (κ2) is 14.6. The molecule has 3 saturated carbocycles. The lowest BCUT2D eigenvalue weighted by atomic mass is 9.43. The molecule has 4 aliphatic rings. The van der Waals surface area contributed by atoms with Crippen LogP contribution in [0.25, 0.3) is 0 Å². The summed E-state index contributed by atoms with van der Waals surface area (Å²) in [7, 11) is -4.73. The number of carbonyl (C=O) groups excluding carboxylic acids is 1. The van der Waals surface area contributed by atoms with Gasteiger partial charge in [-0.1, -0.05) is 58.6 Å². The van der Waals surface area contributed by atoms with Crippen LogP contribution in [-0.4, -0.2) is 62.7 Å². The van der Waals surface area contributed by atoms with Gasteiger partial charge >= 0.3 is 7.12 Å². The Labute approximate surface area is 273 Å². The lowest BCUT2D eigenvalue weighted by molar-refractivity contribution is -0.525. The van der Waals surface area contributed by atoms with Crippen LogP contribution in [0, 0.1) is 33.3 Å². The standard InChI is InChI=1S/C31H51BN6O7S/c1-7-8-10-21-12-14-23(15-13-21)46(42,43)37-24(11-9-16-34-29(33)36-38(40)41)28(39)35-27(17-20(2)3)32-44-26-19-22-18-25(30(22,4)5)31(26,6)45-32/h12-15,20,22,24-27,37H,7-11,16-19H2,1-6H3,(H,35,39)(H3,33,34,36)/t22-,24-,25-,26+,27-,31-/m0/s1. The maximum Gasteiger partial charge on any atom is 0.481 e. The third-order valence-corrected chi connectivity index (χ3v) is 11.6. The van der Waals surface area contributed by atoms with Gasteiger partial charge in [0.15, 0.2) is 5.03 Å². The number of guanidine groups is 1. The molecular weight excluding hydrogens is 611 g/mol. The highest BCUT2D eigenvalue weighted by Gasteiger charge is 2.68. The second-order valence-electron chi connectivity index (χ2n) is 14.3. The molecule has 1 saturated heterocycles. The lowest BCUT2D eigenvalue weighted by Crippen LogP contribution is -2.65. The van der Waals surface area contributed by atoms with E-state index < -0.39 is 45.7 Å². The second-order valence-corrected chi connectivity index (χ2v) is 16.0. The quantitative estimate of drug-likeness (QED) is 0.0514. The van der Waals surface area contributed by atoms with E-state index in [1.807, 2.05) is 0 Å². The van der Waals surface area contributed by atoms with Crippen molar-refractivity contribution in [3.05, 3.63) is 39.9 Å². The number of nitrogens with zero attached hydrogens (tertiary/aromatic N) is 2. The molecule has 4 fully saturated rings. The monoisotopic (exact) mass is 662 g/mol. The first-order valence-corrected chi connectivity index (χ1v) is 18.0. The summed E-state index contributed by atoms with van der Waals surface area (Å²) in [6, 6.07) is 5.53. The van der Waals surface area contributed by atoms with Crippen molar-refractivity contribution < 1.29 is 27.6 Å². The van der Waals surface area contributed by atoms with E-state index in [2.05, 4.69) is 56.6 Å². The molecule has 0 aromatic heterocycles. The Balaban J connectivity index is 1.51. The average Bonchev–Trinajstić information content (AvgIpc) is 3.34. The van der Waals surface area contributed by atoms with E-state index in [1.165, 1.54) is 0 Å². The summed E-state index contributed by atoms with van der Waals surface area (Å²) in [6.07, 6.45) is 5.72. The fourth-order valence-corrected chi connectivity index (χ4v) is 8.67. The normalized spacial score (nSPS) is 26.6. The number of aliphatic imine (C=N–C) groups is 1. The van der Waals surface area contributed by atoms with Gasteiger partial charge in [-0.2, -0.15) is 4.72 Å². The molecule has 2 bridgehead atoms. The number of rotatable bonds is 16. The van der Waals surface area contributed by atoms with Gasteiger partial charge in [-0.25, -0.2) is 23.5 Å². The highest BCUT2D eigenvalue weighted by atomic mass is 32.2. The maximum absolute atomic E-state index is 13.9. The largest absolute Gasteiger partial charge is 0.481 e. The average molecular weight is 663 g/mol. The summed E-state index contributed by atoms with van der Waals surface area (Å²) in [6.45, 7) is 12.9. The van der Waals surface area contributed by atoms with Crippen LogP contribution in [0.1, 0.15) is 92.1 Å². The Morgan fingerprint density at radius 1 is 1.20 bits per heavy atom. The van der Waals surface area contributed by atoms with E-state index >= 15 is 0 Å². The third kappa shape index (κ3) is 8.21. The van der Waals surface area contributed by atoms with E-state index in [9.17, 15) is 23.3 Å². The minimum absolute atomic E-state index is 0.0486. The first-order valence-electron chi connectivity index (χ1n) is 16.5. The minimum atomic E-state index is -4.07. The van der Waals surface area contributed by atoms with Crippen molar-refractivity contribution in [1.82, 2.24) is 15.5 Å². The summed E-state index contributed by atoms with van der Waals surface area (Å²) >= 11 is 0. The summed E-state index contributed by atoms with van der Waals surface area (Å²) < 4.78 is 42.8. The number of sulfonamides is 1. The van der Waals surface area contributed by atoms with Gasteiger partial charge in [-0.3, -0.25) is 4.79 Å². The highest BCUT2D eigenvalue weighted by Crippen LogP contribution is 2.65. The molecule has 3 aliphatic carbocycles. The molecule has 15 heteroatoms. The fourth-order valence-electron chi connectivity index (χ4n) is 7.44. The van der Waals surface area contributed by atoms with Crippen molar-refractivity contribution >= 4 is 29.0 Å². The number of benzene rings is 1. The molecule has 0 unspecified atom stereocenters. The summed E-state index contributed by atoms with van der Waals surface area (Å²) in [5, 5.41) is 12.9. The molecule has 5 rings (SSSR count). The first kappa shape index (κ1) is 36.1.